The van der Waals surface area contributed by atoms with E-state index in [2.05, 4.69) is 0 Å². The van der Waals surface area contributed by atoms with Crippen molar-refractivity contribution >= 4 is 29.1 Å². The van der Waals surface area contributed by atoms with Crippen LogP contribution >= 0.6 is 12.2 Å². The SMILES string of the molecule is CCCCN1C(=O)CC(=O)N(C)C1=S. The Kier molecular flexibility index (Phi) is 3.57. The largest absolute Gasteiger partial charge is 0.292 e. The van der Waals surface area contributed by atoms with Crippen LogP contribution in [0, 0.1) is 0 Å². The van der Waals surface area contributed by atoms with Gasteiger partial charge in [-0.1, -0.05) is 13.3 Å². The maximum Gasteiger partial charge on any atom is 0.238 e. The molecule has 0 aromatic carbocycles. The van der Waals surface area contributed by atoms with Crippen molar-refractivity contribution in [3.05, 3.63) is 0 Å². The van der Waals surface area contributed by atoms with E-state index in [1.165, 1.54) is 9.80 Å². The number of thiocarbonyl (C=S) groups is 1. The van der Waals surface area contributed by atoms with Crippen LogP contribution in [0.25, 0.3) is 0 Å². The van der Waals surface area contributed by atoms with Crippen molar-refractivity contribution in [1.82, 2.24) is 9.80 Å². The molecule has 1 heterocycles. The summed E-state index contributed by atoms with van der Waals surface area (Å²) in [4.78, 5) is 25.6. The van der Waals surface area contributed by atoms with Crippen LogP contribution in [0.3, 0.4) is 0 Å². The van der Waals surface area contributed by atoms with Crippen LogP contribution in [0.5, 0.6) is 0 Å². The number of unbranched alkanes of at least 4 members (excludes halogenated alkanes) is 1. The highest BCUT2D eigenvalue weighted by Gasteiger charge is 2.31. The van der Waals surface area contributed by atoms with Gasteiger partial charge >= 0.3 is 0 Å². The summed E-state index contributed by atoms with van der Waals surface area (Å²) in [6.45, 7) is 2.66. The first kappa shape index (κ1) is 11.1. The minimum absolute atomic E-state index is 0.0552. The highest BCUT2D eigenvalue weighted by atomic mass is 32.1. The molecule has 1 saturated heterocycles. The zero-order valence-electron chi connectivity index (χ0n) is 8.45. The molecule has 0 radical (unpaired) electrons. The van der Waals surface area contributed by atoms with Crippen molar-refractivity contribution in [3.8, 4) is 0 Å². The lowest BCUT2D eigenvalue weighted by Gasteiger charge is -2.33. The molecule has 0 aromatic heterocycles. The second-order valence-electron chi connectivity index (χ2n) is 3.31. The summed E-state index contributed by atoms with van der Waals surface area (Å²) >= 11 is 5.03. The van der Waals surface area contributed by atoms with E-state index >= 15 is 0 Å². The molecular formula is C9H14N2O2S. The van der Waals surface area contributed by atoms with Gasteiger partial charge in [0.05, 0.1) is 0 Å². The summed E-state index contributed by atoms with van der Waals surface area (Å²) in [7, 11) is 1.61. The lowest BCUT2D eigenvalue weighted by Crippen LogP contribution is -2.53. The molecule has 0 saturated carbocycles. The van der Waals surface area contributed by atoms with Crippen molar-refractivity contribution in [2.45, 2.75) is 26.2 Å². The molecule has 0 spiro atoms. The Morgan fingerprint density at radius 3 is 2.57 bits per heavy atom. The van der Waals surface area contributed by atoms with E-state index in [1.54, 1.807) is 7.05 Å². The monoisotopic (exact) mass is 214 g/mol. The summed E-state index contributed by atoms with van der Waals surface area (Å²) in [6, 6.07) is 0. The van der Waals surface area contributed by atoms with E-state index in [0.717, 1.165) is 12.8 Å². The molecule has 0 aromatic rings. The maximum atomic E-state index is 11.5. The third kappa shape index (κ3) is 2.09. The number of hydrogen-bond acceptors (Lipinski definition) is 3. The van der Waals surface area contributed by atoms with Crippen LogP contribution in [0.2, 0.25) is 0 Å². The van der Waals surface area contributed by atoms with Crippen molar-refractivity contribution in [1.29, 1.82) is 0 Å². The Morgan fingerprint density at radius 2 is 2.00 bits per heavy atom. The molecule has 1 aliphatic rings. The Balaban J connectivity index is 2.69. The summed E-state index contributed by atoms with van der Waals surface area (Å²) < 4.78 is 0. The van der Waals surface area contributed by atoms with Gasteiger partial charge in [-0.2, -0.15) is 0 Å². The molecular weight excluding hydrogens is 200 g/mol. The van der Waals surface area contributed by atoms with Crippen molar-refractivity contribution in [2.24, 2.45) is 0 Å². The number of nitrogens with zero attached hydrogens (tertiary/aromatic N) is 2. The fraction of sp³-hybridized carbons (Fsp3) is 0.667. The van der Waals surface area contributed by atoms with E-state index in [9.17, 15) is 9.59 Å². The van der Waals surface area contributed by atoms with E-state index in [-0.39, 0.29) is 18.2 Å². The zero-order valence-corrected chi connectivity index (χ0v) is 9.26. The average molecular weight is 214 g/mol. The third-order valence-electron chi connectivity index (χ3n) is 2.23. The van der Waals surface area contributed by atoms with Gasteiger partial charge in [-0.15, -0.1) is 0 Å². The van der Waals surface area contributed by atoms with Gasteiger partial charge in [0, 0.05) is 13.6 Å². The fourth-order valence-corrected chi connectivity index (χ4v) is 1.57. The molecule has 1 rings (SSSR count). The summed E-state index contributed by atoms with van der Waals surface area (Å²) in [5.74, 6) is -0.390. The number of rotatable bonds is 3. The number of amides is 2. The van der Waals surface area contributed by atoms with Crippen molar-refractivity contribution in [2.75, 3.05) is 13.6 Å². The first-order valence-corrected chi connectivity index (χ1v) is 5.09. The van der Waals surface area contributed by atoms with E-state index in [4.69, 9.17) is 12.2 Å². The molecule has 1 fully saturated rings. The van der Waals surface area contributed by atoms with Crippen LogP contribution in [-0.2, 0) is 9.59 Å². The second-order valence-corrected chi connectivity index (χ2v) is 3.68. The van der Waals surface area contributed by atoms with Gasteiger partial charge in [0.2, 0.25) is 11.8 Å². The normalized spacial score (nSPS) is 18.0. The highest BCUT2D eigenvalue weighted by Crippen LogP contribution is 2.11. The number of carbonyl (C=O) groups excluding carboxylic acids is 2. The third-order valence-corrected chi connectivity index (χ3v) is 2.72. The topological polar surface area (TPSA) is 40.6 Å². The van der Waals surface area contributed by atoms with Crippen LogP contribution in [-0.4, -0.2) is 40.3 Å². The molecule has 0 N–H and O–H groups in total. The average Bonchev–Trinajstić information content (AvgIpc) is 2.14. The predicted octanol–water partition coefficient (Wildman–Crippen LogP) is 0.762. The molecule has 78 valence electrons. The van der Waals surface area contributed by atoms with Crippen LogP contribution in [0.4, 0.5) is 0 Å². The maximum absolute atomic E-state index is 11.5. The molecule has 2 amide bonds. The minimum atomic E-state index is -0.215. The highest BCUT2D eigenvalue weighted by molar-refractivity contribution is 7.80. The Morgan fingerprint density at radius 1 is 1.36 bits per heavy atom. The van der Waals surface area contributed by atoms with Gasteiger partial charge in [0.15, 0.2) is 5.11 Å². The van der Waals surface area contributed by atoms with Crippen LogP contribution < -0.4 is 0 Å². The van der Waals surface area contributed by atoms with E-state index in [1.807, 2.05) is 6.92 Å². The molecule has 0 atom stereocenters. The Hall–Kier alpha value is -0.970. The fourth-order valence-electron chi connectivity index (χ4n) is 1.27. The van der Waals surface area contributed by atoms with Gasteiger partial charge in [-0.25, -0.2) is 0 Å². The molecule has 0 unspecified atom stereocenters. The van der Waals surface area contributed by atoms with E-state index < -0.39 is 0 Å². The Labute approximate surface area is 88.9 Å². The summed E-state index contributed by atoms with van der Waals surface area (Å²) in [5, 5.41) is 0.333. The standard InChI is InChI=1S/C9H14N2O2S/c1-3-4-5-11-8(13)6-7(12)10(2)9(11)14/h3-6H2,1-2H3. The van der Waals surface area contributed by atoms with Crippen LogP contribution in [0.1, 0.15) is 26.2 Å². The predicted molar refractivity (Wildman–Crippen MR) is 56.6 cm³/mol. The molecule has 5 heteroatoms. The smallest absolute Gasteiger partial charge is 0.238 e. The van der Waals surface area contributed by atoms with Gasteiger partial charge < -0.3 is 0 Å². The van der Waals surface area contributed by atoms with Crippen molar-refractivity contribution < 1.29 is 9.59 Å². The van der Waals surface area contributed by atoms with Gasteiger partial charge in [0.25, 0.3) is 0 Å². The molecule has 1 aliphatic heterocycles. The second kappa shape index (κ2) is 4.50. The lowest BCUT2D eigenvalue weighted by atomic mass is 10.2. The molecule has 0 bridgehead atoms. The first-order valence-electron chi connectivity index (χ1n) is 4.68. The quantitative estimate of drug-likeness (QED) is 0.514. The zero-order chi connectivity index (χ0) is 10.7. The van der Waals surface area contributed by atoms with Gasteiger partial charge in [-0.3, -0.25) is 19.4 Å². The summed E-state index contributed by atoms with van der Waals surface area (Å²) in [6.07, 6.45) is 1.86. The first-order chi connectivity index (χ1) is 6.57. The minimum Gasteiger partial charge on any atom is -0.292 e. The number of carbonyl (C=O) groups is 2. The van der Waals surface area contributed by atoms with Gasteiger partial charge in [0.1, 0.15) is 6.42 Å². The molecule has 4 nitrogen and oxygen atoms in total. The van der Waals surface area contributed by atoms with Gasteiger partial charge in [-0.05, 0) is 18.6 Å². The van der Waals surface area contributed by atoms with Crippen molar-refractivity contribution in [3.63, 3.8) is 0 Å². The van der Waals surface area contributed by atoms with Crippen LogP contribution in [0.15, 0.2) is 0 Å². The number of hydrogen-bond donors (Lipinski definition) is 0. The summed E-state index contributed by atoms with van der Waals surface area (Å²) in [5.41, 5.74) is 0. The Bertz CT molecular complexity index is 278. The van der Waals surface area contributed by atoms with E-state index in [0.29, 0.717) is 11.7 Å². The lowest BCUT2D eigenvalue weighted by molar-refractivity contribution is -0.139. The molecule has 14 heavy (non-hydrogen) atoms. The molecule has 0 aliphatic carbocycles.